The number of rotatable bonds is 6. The van der Waals surface area contributed by atoms with Crippen LogP contribution in [-0.4, -0.2) is 17.3 Å². The van der Waals surface area contributed by atoms with Crippen LogP contribution in [-0.2, 0) is 0 Å². The van der Waals surface area contributed by atoms with E-state index in [2.05, 4.69) is 0 Å². The SMILES string of the molecule is CCCC(O)C(CC)Oc1cccc(F)c1F. The van der Waals surface area contributed by atoms with Gasteiger partial charge in [-0.1, -0.05) is 26.3 Å². The highest BCUT2D eigenvalue weighted by atomic mass is 19.2. The molecule has 2 atom stereocenters. The average Bonchev–Trinajstić information content (AvgIpc) is 2.31. The fraction of sp³-hybridized carbons (Fsp3) is 0.538. The van der Waals surface area contributed by atoms with Crippen LogP contribution in [0.25, 0.3) is 0 Å². The number of aliphatic hydroxyl groups excluding tert-OH is 1. The first-order valence-electron chi connectivity index (χ1n) is 5.88. The Morgan fingerprint density at radius 3 is 2.59 bits per heavy atom. The highest BCUT2D eigenvalue weighted by molar-refractivity contribution is 5.25. The minimum Gasteiger partial charge on any atom is -0.485 e. The highest BCUT2D eigenvalue weighted by Gasteiger charge is 2.20. The lowest BCUT2D eigenvalue weighted by molar-refractivity contribution is 0.0259. The molecule has 0 aliphatic rings. The molecular formula is C13H18F2O2. The molecule has 0 fully saturated rings. The van der Waals surface area contributed by atoms with E-state index in [0.29, 0.717) is 12.8 Å². The monoisotopic (exact) mass is 244 g/mol. The van der Waals surface area contributed by atoms with Crippen molar-refractivity contribution in [1.82, 2.24) is 0 Å². The van der Waals surface area contributed by atoms with Crippen LogP contribution >= 0.6 is 0 Å². The molecule has 0 bridgehead atoms. The van der Waals surface area contributed by atoms with Crippen LogP contribution in [0.3, 0.4) is 0 Å². The number of halogens is 2. The number of ether oxygens (including phenoxy) is 1. The number of hydrogen-bond acceptors (Lipinski definition) is 2. The second-order valence-electron chi connectivity index (χ2n) is 3.97. The van der Waals surface area contributed by atoms with Gasteiger partial charge in [-0.25, -0.2) is 4.39 Å². The quantitative estimate of drug-likeness (QED) is 0.832. The minimum atomic E-state index is -1.00. The topological polar surface area (TPSA) is 29.5 Å². The lowest BCUT2D eigenvalue weighted by atomic mass is 10.1. The summed E-state index contributed by atoms with van der Waals surface area (Å²) in [5.74, 6) is -2.09. The van der Waals surface area contributed by atoms with Crippen molar-refractivity contribution < 1.29 is 18.6 Å². The molecule has 0 aliphatic carbocycles. The van der Waals surface area contributed by atoms with Gasteiger partial charge in [-0.2, -0.15) is 4.39 Å². The summed E-state index contributed by atoms with van der Waals surface area (Å²) in [6.07, 6.45) is 0.762. The highest BCUT2D eigenvalue weighted by Crippen LogP contribution is 2.22. The molecule has 0 aromatic heterocycles. The third-order valence-corrected chi connectivity index (χ3v) is 2.61. The standard InChI is InChI=1S/C13H18F2O2/c1-3-6-10(16)11(4-2)17-12-8-5-7-9(14)13(12)15/h5,7-8,10-11,16H,3-4,6H2,1-2H3. The van der Waals surface area contributed by atoms with Crippen molar-refractivity contribution in [1.29, 1.82) is 0 Å². The summed E-state index contributed by atoms with van der Waals surface area (Å²) in [6, 6.07) is 3.78. The lowest BCUT2D eigenvalue weighted by Gasteiger charge is -2.23. The van der Waals surface area contributed by atoms with Crippen molar-refractivity contribution >= 4 is 0 Å². The van der Waals surface area contributed by atoms with Gasteiger partial charge in [0.15, 0.2) is 11.6 Å². The van der Waals surface area contributed by atoms with E-state index in [1.165, 1.54) is 12.1 Å². The molecule has 2 unspecified atom stereocenters. The molecule has 0 spiro atoms. The Morgan fingerprint density at radius 2 is 2.00 bits per heavy atom. The molecule has 2 nitrogen and oxygen atoms in total. The maximum absolute atomic E-state index is 13.4. The zero-order chi connectivity index (χ0) is 12.8. The van der Waals surface area contributed by atoms with Crippen LogP contribution in [0.4, 0.5) is 8.78 Å². The molecule has 0 heterocycles. The predicted octanol–water partition coefficient (Wildman–Crippen LogP) is 3.28. The predicted molar refractivity (Wildman–Crippen MR) is 62.0 cm³/mol. The van der Waals surface area contributed by atoms with E-state index in [9.17, 15) is 13.9 Å². The summed E-state index contributed by atoms with van der Waals surface area (Å²) in [4.78, 5) is 0. The summed E-state index contributed by atoms with van der Waals surface area (Å²) < 4.78 is 31.7. The fourth-order valence-corrected chi connectivity index (χ4v) is 1.65. The maximum atomic E-state index is 13.4. The average molecular weight is 244 g/mol. The van der Waals surface area contributed by atoms with Gasteiger partial charge in [-0.05, 0) is 25.0 Å². The van der Waals surface area contributed by atoms with Crippen LogP contribution in [0.15, 0.2) is 18.2 Å². The van der Waals surface area contributed by atoms with Crippen LogP contribution in [0.1, 0.15) is 33.1 Å². The molecule has 0 aliphatic heterocycles. The first-order chi connectivity index (χ1) is 8.10. The van der Waals surface area contributed by atoms with Crippen molar-refractivity contribution in [3.63, 3.8) is 0 Å². The van der Waals surface area contributed by atoms with Crippen molar-refractivity contribution in [3.8, 4) is 5.75 Å². The normalized spacial score (nSPS) is 14.4. The van der Waals surface area contributed by atoms with Crippen LogP contribution in [0, 0.1) is 11.6 Å². The van der Waals surface area contributed by atoms with Gasteiger partial charge in [0.1, 0.15) is 6.10 Å². The van der Waals surface area contributed by atoms with E-state index in [4.69, 9.17) is 4.74 Å². The van der Waals surface area contributed by atoms with E-state index in [1.807, 2.05) is 13.8 Å². The Morgan fingerprint density at radius 1 is 1.29 bits per heavy atom. The van der Waals surface area contributed by atoms with E-state index >= 15 is 0 Å². The van der Waals surface area contributed by atoms with Crippen LogP contribution < -0.4 is 4.74 Å². The molecule has 1 aromatic rings. The van der Waals surface area contributed by atoms with E-state index < -0.39 is 23.8 Å². The number of benzene rings is 1. The fourth-order valence-electron chi connectivity index (χ4n) is 1.65. The summed E-state index contributed by atoms with van der Waals surface area (Å²) >= 11 is 0. The third kappa shape index (κ3) is 3.66. The summed E-state index contributed by atoms with van der Waals surface area (Å²) in [5.41, 5.74) is 0. The summed E-state index contributed by atoms with van der Waals surface area (Å²) in [7, 11) is 0. The molecule has 0 radical (unpaired) electrons. The van der Waals surface area contributed by atoms with Crippen LogP contribution in [0.5, 0.6) is 5.75 Å². The van der Waals surface area contributed by atoms with Gasteiger partial charge in [0.25, 0.3) is 0 Å². The zero-order valence-electron chi connectivity index (χ0n) is 10.1. The lowest BCUT2D eigenvalue weighted by Crippen LogP contribution is -2.31. The van der Waals surface area contributed by atoms with Crippen molar-refractivity contribution in [3.05, 3.63) is 29.8 Å². The van der Waals surface area contributed by atoms with Crippen molar-refractivity contribution in [2.45, 2.75) is 45.3 Å². The number of aliphatic hydroxyl groups is 1. The summed E-state index contributed by atoms with van der Waals surface area (Å²) in [6.45, 7) is 3.78. The van der Waals surface area contributed by atoms with Gasteiger partial charge in [0.2, 0.25) is 5.82 Å². The molecule has 1 N–H and O–H groups in total. The Bertz CT molecular complexity index is 355. The van der Waals surface area contributed by atoms with Gasteiger partial charge in [-0.3, -0.25) is 0 Å². The molecule has 96 valence electrons. The second kappa shape index (κ2) is 6.55. The molecule has 17 heavy (non-hydrogen) atoms. The smallest absolute Gasteiger partial charge is 0.200 e. The Balaban J connectivity index is 2.77. The molecule has 1 rings (SSSR count). The molecule has 4 heteroatoms. The first kappa shape index (κ1) is 13.9. The van der Waals surface area contributed by atoms with E-state index in [0.717, 1.165) is 12.5 Å². The largest absolute Gasteiger partial charge is 0.485 e. The van der Waals surface area contributed by atoms with Crippen LogP contribution in [0.2, 0.25) is 0 Å². The maximum Gasteiger partial charge on any atom is 0.200 e. The van der Waals surface area contributed by atoms with Gasteiger partial charge in [0.05, 0.1) is 6.10 Å². The summed E-state index contributed by atoms with van der Waals surface area (Å²) in [5, 5.41) is 9.79. The number of hydrogen-bond donors (Lipinski definition) is 1. The Labute approximate surface area is 100 Å². The van der Waals surface area contributed by atoms with Gasteiger partial charge in [-0.15, -0.1) is 0 Å². The van der Waals surface area contributed by atoms with Gasteiger partial charge in [0, 0.05) is 0 Å². The van der Waals surface area contributed by atoms with Crippen molar-refractivity contribution in [2.24, 2.45) is 0 Å². The molecule has 0 amide bonds. The van der Waals surface area contributed by atoms with E-state index in [1.54, 1.807) is 0 Å². The second-order valence-corrected chi connectivity index (χ2v) is 3.97. The Kier molecular flexibility index (Phi) is 5.35. The third-order valence-electron chi connectivity index (χ3n) is 2.61. The van der Waals surface area contributed by atoms with Crippen molar-refractivity contribution in [2.75, 3.05) is 0 Å². The molecular weight excluding hydrogens is 226 g/mol. The zero-order valence-corrected chi connectivity index (χ0v) is 10.1. The minimum absolute atomic E-state index is 0.146. The van der Waals surface area contributed by atoms with Gasteiger partial charge >= 0.3 is 0 Å². The Hall–Kier alpha value is -1.16. The molecule has 1 aromatic carbocycles. The van der Waals surface area contributed by atoms with E-state index in [-0.39, 0.29) is 5.75 Å². The van der Waals surface area contributed by atoms with Gasteiger partial charge < -0.3 is 9.84 Å². The first-order valence-corrected chi connectivity index (χ1v) is 5.88. The molecule has 0 saturated heterocycles. The molecule has 0 saturated carbocycles.